The van der Waals surface area contributed by atoms with Gasteiger partial charge < -0.3 is 20.2 Å². The molecule has 4 rings (SSSR count). The second-order valence-corrected chi connectivity index (χ2v) is 8.80. The molecule has 0 spiro atoms. The molecule has 33 heavy (non-hydrogen) atoms. The van der Waals surface area contributed by atoms with Crippen LogP contribution in [0.1, 0.15) is 43.0 Å². The third kappa shape index (κ3) is 5.60. The molecule has 2 amide bonds. The van der Waals surface area contributed by atoms with Gasteiger partial charge in [-0.2, -0.15) is 0 Å². The highest BCUT2D eigenvalue weighted by molar-refractivity contribution is 6.05. The van der Waals surface area contributed by atoms with E-state index in [2.05, 4.69) is 20.1 Å². The fraction of sp³-hybridized carbons (Fsp3) is 0.500. The molecule has 9 nitrogen and oxygen atoms in total. The number of amides is 2. The maximum atomic E-state index is 12.7. The van der Waals surface area contributed by atoms with Gasteiger partial charge in [0.25, 0.3) is 0 Å². The Morgan fingerprint density at radius 1 is 0.970 bits per heavy atom. The normalized spacial score (nSPS) is 17.6. The zero-order valence-corrected chi connectivity index (χ0v) is 19.0. The van der Waals surface area contributed by atoms with Crippen LogP contribution in [0.15, 0.2) is 24.3 Å². The van der Waals surface area contributed by atoms with E-state index in [9.17, 15) is 19.5 Å². The van der Waals surface area contributed by atoms with Crippen LogP contribution in [0.25, 0.3) is 10.9 Å². The Bertz CT molecular complexity index is 1040. The van der Waals surface area contributed by atoms with Gasteiger partial charge in [0.15, 0.2) is 0 Å². The molecule has 1 aromatic heterocycles. The van der Waals surface area contributed by atoms with Crippen molar-refractivity contribution in [1.29, 1.82) is 0 Å². The maximum Gasteiger partial charge on any atom is 0.336 e. The summed E-state index contributed by atoms with van der Waals surface area (Å²) < 4.78 is 0. The first-order chi connectivity index (χ1) is 15.9. The average Bonchev–Trinajstić information content (AvgIpc) is 3.08. The number of hydrogen-bond donors (Lipinski definition) is 2. The van der Waals surface area contributed by atoms with E-state index in [-0.39, 0.29) is 17.4 Å². The highest BCUT2D eigenvalue weighted by atomic mass is 16.4. The number of carboxylic acid groups (broad SMARTS) is 1. The highest BCUT2D eigenvalue weighted by Gasteiger charge is 2.24. The summed E-state index contributed by atoms with van der Waals surface area (Å²) in [7, 11) is 0. The van der Waals surface area contributed by atoms with Gasteiger partial charge in [-0.1, -0.05) is 12.8 Å². The Morgan fingerprint density at radius 3 is 2.30 bits per heavy atom. The van der Waals surface area contributed by atoms with Crippen LogP contribution in [0, 0.1) is 0 Å². The summed E-state index contributed by atoms with van der Waals surface area (Å²) in [6, 6.07) is 6.69. The van der Waals surface area contributed by atoms with E-state index in [0.29, 0.717) is 42.0 Å². The van der Waals surface area contributed by atoms with Crippen LogP contribution in [0.4, 0.5) is 11.5 Å². The van der Waals surface area contributed by atoms with Gasteiger partial charge in [-0.25, -0.2) is 9.78 Å². The monoisotopic (exact) mass is 453 g/mol. The number of pyridine rings is 1. The maximum absolute atomic E-state index is 12.7. The van der Waals surface area contributed by atoms with Gasteiger partial charge in [-0.3, -0.25) is 14.5 Å². The summed E-state index contributed by atoms with van der Waals surface area (Å²) in [5.41, 5.74) is 1.26. The SMILES string of the molecule is CC(=O)Nc1ccc2nc(N3CCN(CC(=O)N4CCCCCC4)CC3)cc(C(=O)O)c2c1. The van der Waals surface area contributed by atoms with Gasteiger partial charge in [-0.15, -0.1) is 0 Å². The predicted octanol–water partition coefficient (Wildman–Crippen LogP) is 2.42. The molecule has 2 aromatic rings. The lowest BCUT2D eigenvalue weighted by atomic mass is 10.1. The molecule has 0 saturated carbocycles. The second kappa shape index (κ2) is 10.2. The van der Waals surface area contributed by atoms with Crippen molar-refractivity contribution in [3.05, 3.63) is 29.8 Å². The number of rotatable bonds is 5. The van der Waals surface area contributed by atoms with E-state index >= 15 is 0 Å². The number of anilines is 2. The number of benzene rings is 1. The number of carbonyl (C=O) groups excluding carboxylic acids is 2. The number of piperazine rings is 1. The molecule has 2 N–H and O–H groups in total. The molecule has 1 aromatic carbocycles. The molecule has 2 fully saturated rings. The van der Waals surface area contributed by atoms with Crippen molar-refractivity contribution in [3.63, 3.8) is 0 Å². The third-order valence-electron chi connectivity index (χ3n) is 6.36. The summed E-state index contributed by atoms with van der Waals surface area (Å²) in [5.74, 6) is -0.434. The number of likely N-dealkylation sites (tertiary alicyclic amines) is 1. The molecule has 0 radical (unpaired) electrons. The molecule has 2 aliphatic heterocycles. The molecule has 0 aliphatic carbocycles. The molecule has 9 heteroatoms. The number of nitrogens with one attached hydrogen (secondary N) is 1. The summed E-state index contributed by atoms with van der Waals surface area (Å²) in [6.45, 7) is 6.37. The minimum atomic E-state index is -1.04. The molecule has 0 unspecified atom stereocenters. The van der Waals surface area contributed by atoms with Crippen molar-refractivity contribution < 1.29 is 19.5 Å². The lowest BCUT2D eigenvalue weighted by molar-refractivity contribution is -0.132. The Hall–Kier alpha value is -3.20. The van der Waals surface area contributed by atoms with E-state index in [1.807, 2.05) is 4.90 Å². The minimum absolute atomic E-state index is 0.154. The molecule has 176 valence electrons. The van der Waals surface area contributed by atoms with E-state index in [1.54, 1.807) is 24.3 Å². The fourth-order valence-corrected chi connectivity index (χ4v) is 4.58. The number of carboxylic acids is 1. The summed E-state index contributed by atoms with van der Waals surface area (Å²) in [4.78, 5) is 46.9. The van der Waals surface area contributed by atoms with Crippen LogP contribution in [0.3, 0.4) is 0 Å². The largest absolute Gasteiger partial charge is 0.478 e. The first-order valence-corrected chi connectivity index (χ1v) is 11.6. The van der Waals surface area contributed by atoms with Gasteiger partial charge in [0.05, 0.1) is 17.6 Å². The zero-order chi connectivity index (χ0) is 23.4. The first-order valence-electron chi connectivity index (χ1n) is 11.6. The van der Waals surface area contributed by atoms with Crippen LogP contribution in [0.2, 0.25) is 0 Å². The predicted molar refractivity (Wildman–Crippen MR) is 127 cm³/mol. The third-order valence-corrected chi connectivity index (χ3v) is 6.36. The lowest BCUT2D eigenvalue weighted by Crippen LogP contribution is -2.50. The first kappa shape index (κ1) is 23.0. The van der Waals surface area contributed by atoms with Crippen LogP contribution in [0.5, 0.6) is 0 Å². The molecular formula is C24H31N5O4. The minimum Gasteiger partial charge on any atom is -0.478 e. The second-order valence-electron chi connectivity index (χ2n) is 8.80. The van der Waals surface area contributed by atoms with Crippen LogP contribution in [-0.4, -0.2) is 83.5 Å². The van der Waals surface area contributed by atoms with Crippen molar-refractivity contribution in [3.8, 4) is 0 Å². The Kier molecular flexibility index (Phi) is 7.08. The van der Waals surface area contributed by atoms with Gasteiger partial charge >= 0.3 is 5.97 Å². The van der Waals surface area contributed by atoms with Gasteiger partial charge in [-0.05, 0) is 37.1 Å². The number of aromatic nitrogens is 1. The van der Waals surface area contributed by atoms with E-state index in [1.165, 1.54) is 19.8 Å². The highest BCUT2D eigenvalue weighted by Crippen LogP contribution is 2.27. The topological polar surface area (TPSA) is 106 Å². The van der Waals surface area contributed by atoms with E-state index in [0.717, 1.165) is 39.0 Å². The number of hydrogen-bond acceptors (Lipinski definition) is 6. The zero-order valence-electron chi connectivity index (χ0n) is 19.0. The number of fused-ring (bicyclic) bond motifs is 1. The van der Waals surface area contributed by atoms with Crippen LogP contribution in [-0.2, 0) is 9.59 Å². The van der Waals surface area contributed by atoms with Gasteiger partial charge in [0, 0.05) is 57.3 Å². The number of carbonyl (C=O) groups is 3. The molecule has 2 saturated heterocycles. The number of nitrogens with zero attached hydrogens (tertiary/aromatic N) is 4. The molecular weight excluding hydrogens is 422 g/mol. The van der Waals surface area contributed by atoms with Crippen molar-refractivity contribution in [1.82, 2.24) is 14.8 Å². The van der Waals surface area contributed by atoms with Gasteiger partial charge in [0.2, 0.25) is 11.8 Å². The Morgan fingerprint density at radius 2 is 1.67 bits per heavy atom. The molecule has 0 bridgehead atoms. The standard InChI is InChI=1S/C24H31N5O4/c1-17(30)25-18-6-7-21-19(14-18)20(24(32)33)15-22(26-21)28-12-10-27(11-13-28)16-23(31)29-8-4-2-3-5-9-29/h6-7,14-15H,2-5,8-13,16H2,1H3,(H,25,30)(H,32,33). The smallest absolute Gasteiger partial charge is 0.336 e. The Labute approximate surface area is 193 Å². The van der Waals surface area contributed by atoms with Crippen molar-refractivity contribution in [2.24, 2.45) is 0 Å². The van der Waals surface area contributed by atoms with Crippen LogP contribution < -0.4 is 10.2 Å². The summed E-state index contributed by atoms with van der Waals surface area (Å²) in [6.07, 6.45) is 4.58. The van der Waals surface area contributed by atoms with E-state index in [4.69, 9.17) is 0 Å². The van der Waals surface area contributed by atoms with Crippen molar-refractivity contribution in [2.45, 2.75) is 32.6 Å². The average molecular weight is 454 g/mol. The van der Waals surface area contributed by atoms with Crippen molar-refractivity contribution in [2.75, 3.05) is 56.0 Å². The quantitative estimate of drug-likeness (QED) is 0.716. The number of aromatic carboxylic acids is 1. The van der Waals surface area contributed by atoms with Gasteiger partial charge in [0.1, 0.15) is 5.82 Å². The summed E-state index contributed by atoms with van der Waals surface area (Å²) >= 11 is 0. The van der Waals surface area contributed by atoms with E-state index < -0.39 is 5.97 Å². The fourth-order valence-electron chi connectivity index (χ4n) is 4.58. The van der Waals surface area contributed by atoms with Crippen molar-refractivity contribution >= 4 is 40.2 Å². The molecule has 0 atom stereocenters. The molecule has 2 aliphatic rings. The summed E-state index contributed by atoms with van der Waals surface area (Å²) in [5, 5.41) is 12.9. The molecule has 3 heterocycles. The van der Waals surface area contributed by atoms with Crippen LogP contribution >= 0.6 is 0 Å². The lowest BCUT2D eigenvalue weighted by Gasteiger charge is -2.36. The Balaban J connectivity index is 1.44.